The van der Waals surface area contributed by atoms with Gasteiger partial charge in [0.1, 0.15) is 5.75 Å². The van der Waals surface area contributed by atoms with E-state index >= 15 is 0 Å². The van der Waals surface area contributed by atoms with Crippen molar-refractivity contribution in [1.82, 2.24) is 0 Å². The maximum atomic E-state index is 12.3. The van der Waals surface area contributed by atoms with Gasteiger partial charge in [-0.1, -0.05) is 46.9 Å². The lowest BCUT2D eigenvalue weighted by Crippen LogP contribution is -2.30. The molecule has 0 spiro atoms. The van der Waals surface area contributed by atoms with E-state index in [1.54, 1.807) is 6.92 Å². The molecule has 0 saturated heterocycles. The zero-order valence-corrected chi connectivity index (χ0v) is 15.2. The summed E-state index contributed by atoms with van der Waals surface area (Å²) in [5, 5.41) is 3.79. The Morgan fingerprint density at radius 3 is 2.43 bits per heavy atom. The molecule has 0 aliphatic carbocycles. The van der Waals surface area contributed by atoms with Gasteiger partial charge in [-0.05, 0) is 44.0 Å². The molecule has 0 aliphatic rings. The predicted molar refractivity (Wildman–Crippen MR) is 96.1 cm³/mol. The average molecular weight is 373 g/mol. The first-order chi connectivity index (χ1) is 10.8. The lowest BCUT2D eigenvalue weighted by atomic mass is 10.1. The van der Waals surface area contributed by atoms with Crippen molar-refractivity contribution in [1.29, 1.82) is 0 Å². The molecule has 0 aromatic heterocycles. The molecular formula is C17H16Cl3NO2. The van der Waals surface area contributed by atoms with Crippen molar-refractivity contribution >= 4 is 46.4 Å². The van der Waals surface area contributed by atoms with Crippen LogP contribution in [0.15, 0.2) is 30.3 Å². The fourth-order valence-corrected chi connectivity index (χ4v) is 2.54. The van der Waals surface area contributed by atoms with Gasteiger partial charge >= 0.3 is 0 Å². The number of hydrogen-bond acceptors (Lipinski definition) is 2. The molecule has 0 fully saturated rings. The first-order valence-electron chi connectivity index (χ1n) is 6.98. The molecule has 6 heteroatoms. The summed E-state index contributed by atoms with van der Waals surface area (Å²) < 4.78 is 5.60. The van der Waals surface area contributed by atoms with Gasteiger partial charge in [-0.25, -0.2) is 0 Å². The quantitative estimate of drug-likeness (QED) is 0.702. The Morgan fingerprint density at radius 1 is 1.09 bits per heavy atom. The van der Waals surface area contributed by atoms with Crippen LogP contribution < -0.4 is 10.1 Å². The smallest absolute Gasteiger partial charge is 0.265 e. The van der Waals surface area contributed by atoms with Crippen molar-refractivity contribution in [2.24, 2.45) is 0 Å². The van der Waals surface area contributed by atoms with Crippen molar-refractivity contribution in [2.75, 3.05) is 5.32 Å². The Morgan fingerprint density at radius 2 is 1.74 bits per heavy atom. The Hall–Kier alpha value is -1.42. The minimum atomic E-state index is -0.746. The highest BCUT2D eigenvalue weighted by Gasteiger charge is 2.18. The zero-order chi connectivity index (χ0) is 17.1. The van der Waals surface area contributed by atoms with Crippen molar-refractivity contribution in [3.05, 3.63) is 56.5 Å². The highest BCUT2D eigenvalue weighted by molar-refractivity contribution is 6.43. The van der Waals surface area contributed by atoms with Crippen LogP contribution in [-0.2, 0) is 4.79 Å². The van der Waals surface area contributed by atoms with E-state index in [2.05, 4.69) is 5.32 Å². The fourth-order valence-electron chi connectivity index (χ4n) is 1.96. The number of benzene rings is 2. The second-order valence-corrected chi connectivity index (χ2v) is 6.42. The van der Waals surface area contributed by atoms with E-state index in [9.17, 15) is 4.79 Å². The van der Waals surface area contributed by atoms with Gasteiger partial charge in [-0.2, -0.15) is 0 Å². The van der Waals surface area contributed by atoms with E-state index in [0.29, 0.717) is 20.8 Å². The Bertz CT molecular complexity index is 747. The molecule has 1 amide bonds. The van der Waals surface area contributed by atoms with Crippen molar-refractivity contribution < 1.29 is 9.53 Å². The Balaban J connectivity index is 2.11. The van der Waals surface area contributed by atoms with Gasteiger partial charge < -0.3 is 10.1 Å². The topological polar surface area (TPSA) is 38.3 Å². The molecule has 0 aliphatic heterocycles. The van der Waals surface area contributed by atoms with E-state index in [0.717, 1.165) is 16.8 Å². The number of rotatable bonds is 4. The van der Waals surface area contributed by atoms with Crippen LogP contribution in [-0.4, -0.2) is 12.0 Å². The molecule has 0 heterocycles. The molecule has 1 atom stereocenters. The van der Waals surface area contributed by atoms with Crippen LogP contribution >= 0.6 is 34.8 Å². The second kappa shape index (κ2) is 7.43. The van der Waals surface area contributed by atoms with Gasteiger partial charge in [0.05, 0.1) is 15.1 Å². The standard InChI is InChI=1S/C17H16Cl3NO2/c1-9-5-4-6-15(10(9)2)21-17(22)11(3)23-16-8-13(19)12(18)7-14(16)20/h4-8,11H,1-3H3,(H,21,22)/t11-/m0/s1. The monoisotopic (exact) mass is 371 g/mol. The number of amides is 1. The summed E-state index contributed by atoms with van der Waals surface area (Å²) in [6, 6.07) is 8.70. The lowest BCUT2D eigenvalue weighted by molar-refractivity contribution is -0.122. The molecule has 122 valence electrons. The van der Waals surface area contributed by atoms with Gasteiger partial charge in [0, 0.05) is 11.8 Å². The van der Waals surface area contributed by atoms with Crippen LogP contribution in [0.1, 0.15) is 18.1 Å². The lowest BCUT2D eigenvalue weighted by Gasteiger charge is -2.17. The van der Waals surface area contributed by atoms with Crippen LogP contribution in [0.25, 0.3) is 0 Å². The molecule has 0 radical (unpaired) electrons. The number of carbonyl (C=O) groups excluding carboxylic acids is 1. The van der Waals surface area contributed by atoms with Crippen LogP contribution in [0.3, 0.4) is 0 Å². The van der Waals surface area contributed by atoms with Crippen molar-refractivity contribution in [3.8, 4) is 5.75 Å². The van der Waals surface area contributed by atoms with E-state index in [-0.39, 0.29) is 5.91 Å². The van der Waals surface area contributed by atoms with Gasteiger partial charge in [0.15, 0.2) is 6.10 Å². The van der Waals surface area contributed by atoms with Crippen molar-refractivity contribution in [3.63, 3.8) is 0 Å². The Kier molecular flexibility index (Phi) is 5.79. The van der Waals surface area contributed by atoms with Gasteiger partial charge in [-0.15, -0.1) is 0 Å². The summed E-state index contributed by atoms with van der Waals surface area (Å²) >= 11 is 17.9. The fraction of sp³-hybridized carbons (Fsp3) is 0.235. The van der Waals surface area contributed by atoms with Crippen LogP contribution in [0, 0.1) is 13.8 Å². The molecule has 23 heavy (non-hydrogen) atoms. The minimum absolute atomic E-state index is 0.277. The molecule has 1 N–H and O–H groups in total. The Labute approximate surface area is 150 Å². The molecule has 0 bridgehead atoms. The van der Waals surface area contributed by atoms with E-state index in [4.69, 9.17) is 39.5 Å². The maximum Gasteiger partial charge on any atom is 0.265 e. The third-order valence-electron chi connectivity index (χ3n) is 3.51. The zero-order valence-electron chi connectivity index (χ0n) is 12.9. The number of ether oxygens (including phenoxy) is 1. The first-order valence-corrected chi connectivity index (χ1v) is 8.11. The number of carbonyl (C=O) groups is 1. The average Bonchev–Trinajstić information content (AvgIpc) is 2.49. The molecule has 2 aromatic rings. The van der Waals surface area contributed by atoms with Crippen LogP contribution in [0.2, 0.25) is 15.1 Å². The largest absolute Gasteiger partial charge is 0.479 e. The number of nitrogens with one attached hydrogen (secondary N) is 1. The number of aryl methyl sites for hydroxylation is 1. The highest BCUT2D eigenvalue weighted by Crippen LogP contribution is 2.34. The third-order valence-corrected chi connectivity index (χ3v) is 4.53. The molecular weight excluding hydrogens is 357 g/mol. The predicted octanol–water partition coefficient (Wildman–Crippen LogP) is 5.67. The second-order valence-electron chi connectivity index (χ2n) is 5.19. The van der Waals surface area contributed by atoms with Gasteiger partial charge in [0.2, 0.25) is 0 Å². The molecule has 0 unspecified atom stereocenters. The number of hydrogen-bond donors (Lipinski definition) is 1. The third kappa shape index (κ3) is 4.31. The SMILES string of the molecule is Cc1cccc(NC(=O)[C@H](C)Oc2cc(Cl)c(Cl)cc2Cl)c1C. The summed E-state index contributed by atoms with van der Waals surface area (Å²) in [4.78, 5) is 12.3. The molecule has 2 aromatic carbocycles. The number of anilines is 1. The summed E-state index contributed by atoms with van der Waals surface area (Å²) in [7, 11) is 0. The summed E-state index contributed by atoms with van der Waals surface area (Å²) in [5.41, 5.74) is 2.87. The normalized spacial score (nSPS) is 11.9. The minimum Gasteiger partial charge on any atom is -0.479 e. The maximum absolute atomic E-state index is 12.3. The summed E-state index contributed by atoms with van der Waals surface area (Å²) in [5.74, 6) is 0.0329. The van der Waals surface area contributed by atoms with E-state index in [1.807, 2.05) is 32.0 Å². The van der Waals surface area contributed by atoms with Crippen molar-refractivity contribution in [2.45, 2.75) is 26.9 Å². The van der Waals surface area contributed by atoms with Gasteiger partial charge in [-0.3, -0.25) is 4.79 Å². The van der Waals surface area contributed by atoms with Gasteiger partial charge in [0.25, 0.3) is 5.91 Å². The van der Waals surface area contributed by atoms with Crippen LogP contribution in [0.4, 0.5) is 5.69 Å². The van der Waals surface area contributed by atoms with E-state index < -0.39 is 6.10 Å². The summed E-state index contributed by atoms with van der Waals surface area (Å²) in [6.45, 7) is 5.58. The number of halogens is 3. The van der Waals surface area contributed by atoms with Crippen LogP contribution in [0.5, 0.6) is 5.75 Å². The summed E-state index contributed by atoms with van der Waals surface area (Å²) in [6.07, 6.45) is -0.746. The molecule has 2 rings (SSSR count). The molecule has 0 saturated carbocycles. The first kappa shape index (κ1) is 17.9. The van der Waals surface area contributed by atoms with E-state index in [1.165, 1.54) is 12.1 Å². The molecule has 3 nitrogen and oxygen atoms in total. The highest BCUT2D eigenvalue weighted by atomic mass is 35.5.